The predicted molar refractivity (Wildman–Crippen MR) is 235 cm³/mol. The number of rotatable bonds is 7. The SMILES string of the molecule is c1cc(-c2ccc3ccccc3c2)cc(N(c2ccc(-c3ccc(-c4cccc5ccccc45)cc3)cc2)c2ccc(-c3ccc4ccccc4c3)cc2)c1. The Bertz CT molecular complexity index is 2950. The van der Waals surface area contributed by atoms with Gasteiger partial charge in [-0.25, -0.2) is 0 Å². The zero-order chi connectivity index (χ0) is 36.6. The molecule has 0 radical (unpaired) electrons. The van der Waals surface area contributed by atoms with Gasteiger partial charge in [0.25, 0.3) is 0 Å². The summed E-state index contributed by atoms with van der Waals surface area (Å²) in [6, 6.07) is 81.5. The van der Waals surface area contributed by atoms with Gasteiger partial charge in [0.15, 0.2) is 0 Å². The fourth-order valence-corrected chi connectivity index (χ4v) is 7.93. The lowest BCUT2D eigenvalue weighted by Gasteiger charge is -2.26. The Hall–Kier alpha value is -7.22. The fraction of sp³-hybridized carbons (Fsp3) is 0. The first-order valence-electron chi connectivity index (χ1n) is 18.9. The van der Waals surface area contributed by atoms with E-state index in [1.807, 2.05) is 0 Å². The molecule has 0 aliphatic heterocycles. The van der Waals surface area contributed by atoms with E-state index in [-0.39, 0.29) is 0 Å². The van der Waals surface area contributed by atoms with Crippen molar-refractivity contribution in [2.45, 2.75) is 0 Å². The molecule has 0 heterocycles. The van der Waals surface area contributed by atoms with E-state index in [2.05, 4.69) is 229 Å². The monoisotopic (exact) mass is 699 g/mol. The highest BCUT2D eigenvalue weighted by Crippen LogP contribution is 2.39. The van der Waals surface area contributed by atoms with Crippen molar-refractivity contribution >= 4 is 49.4 Å². The topological polar surface area (TPSA) is 3.24 Å². The average Bonchev–Trinajstić information content (AvgIpc) is 3.26. The van der Waals surface area contributed by atoms with Gasteiger partial charge in [-0.2, -0.15) is 0 Å². The lowest BCUT2D eigenvalue weighted by molar-refractivity contribution is 1.28. The molecule has 0 saturated carbocycles. The van der Waals surface area contributed by atoms with Gasteiger partial charge < -0.3 is 4.90 Å². The molecule has 10 rings (SSSR count). The van der Waals surface area contributed by atoms with E-state index in [0.29, 0.717) is 0 Å². The summed E-state index contributed by atoms with van der Waals surface area (Å²) >= 11 is 0. The summed E-state index contributed by atoms with van der Waals surface area (Å²) in [7, 11) is 0. The highest BCUT2D eigenvalue weighted by atomic mass is 15.1. The van der Waals surface area contributed by atoms with Gasteiger partial charge in [-0.3, -0.25) is 0 Å². The number of fused-ring (bicyclic) bond motifs is 3. The van der Waals surface area contributed by atoms with Crippen molar-refractivity contribution < 1.29 is 0 Å². The maximum atomic E-state index is 2.36. The van der Waals surface area contributed by atoms with Gasteiger partial charge in [0, 0.05) is 17.1 Å². The first-order valence-corrected chi connectivity index (χ1v) is 18.9. The second-order valence-electron chi connectivity index (χ2n) is 14.2. The third kappa shape index (κ3) is 6.33. The van der Waals surface area contributed by atoms with Crippen molar-refractivity contribution in [1.29, 1.82) is 0 Å². The van der Waals surface area contributed by atoms with Crippen LogP contribution in [0.25, 0.3) is 76.8 Å². The minimum absolute atomic E-state index is 1.10. The van der Waals surface area contributed by atoms with Crippen LogP contribution in [0.5, 0.6) is 0 Å². The van der Waals surface area contributed by atoms with Crippen LogP contribution in [0.2, 0.25) is 0 Å². The smallest absolute Gasteiger partial charge is 0.0467 e. The maximum Gasteiger partial charge on any atom is 0.0467 e. The Balaban J connectivity index is 1.01. The van der Waals surface area contributed by atoms with Gasteiger partial charge in [0.2, 0.25) is 0 Å². The van der Waals surface area contributed by atoms with Crippen LogP contribution in [0.4, 0.5) is 17.1 Å². The van der Waals surface area contributed by atoms with Crippen molar-refractivity contribution in [1.82, 2.24) is 0 Å². The summed E-state index contributed by atoms with van der Waals surface area (Å²) < 4.78 is 0. The van der Waals surface area contributed by atoms with Crippen LogP contribution in [0.1, 0.15) is 0 Å². The Morgan fingerprint density at radius 3 is 1.25 bits per heavy atom. The third-order valence-corrected chi connectivity index (χ3v) is 10.8. The summed E-state index contributed by atoms with van der Waals surface area (Å²) in [6.07, 6.45) is 0. The molecule has 0 amide bonds. The highest BCUT2D eigenvalue weighted by Gasteiger charge is 2.15. The molecule has 0 unspecified atom stereocenters. The molecule has 0 saturated heterocycles. The number of benzene rings is 10. The van der Waals surface area contributed by atoms with E-state index in [1.54, 1.807) is 0 Å². The molecular weight excluding hydrogens is 663 g/mol. The molecule has 10 aromatic carbocycles. The van der Waals surface area contributed by atoms with Gasteiger partial charge in [0.1, 0.15) is 0 Å². The normalized spacial score (nSPS) is 11.3. The molecule has 1 heteroatoms. The Labute approximate surface area is 322 Å². The van der Waals surface area contributed by atoms with E-state index < -0.39 is 0 Å². The minimum atomic E-state index is 1.10. The maximum absolute atomic E-state index is 2.36. The Morgan fingerprint density at radius 2 is 0.636 bits per heavy atom. The van der Waals surface area contributed by atoms with Gasteiger partial charge in [-0.05, 0) is 125 Å². The molecule has 0 spiro atoms. The van der Waals surface area contributed by atoms with Crippen molar-refractivity contribution in [3.05, 3.63) is 224 Å². The van der Waals surface area contributed by atoms with Crippen LogP contribution in [0.15, 0.2) is 224 Å². The highest BCUT2D eigenvalue weighted by molar-refractivity contribution is 5.97. The first-order chi connectivity index (χ1) is 27.2. The van der Waals surface area contributed by atoms with Crippen LogP contribution < -0.4 is 4.90 Å². The predicted octanol–water partition coefficient (Wildman–Crippen LogP) is 15.3. The largest absolute Gasteiger partial charge is 0.310 e. The molecule has 0 aliphatic carbocycles. The van der Waals surface area contributed by atoms with E-state index in [9.17, 15) is 0 Å². The number of nitrogens with zero attached hydrogens (tertiary/aromatic N) is 1. The number of hydrogen-bond acceptors (Lipinski definition) is 1. The standard InChI is InChI=1S/C54H37N/c1-3-12-45-35-48(25-21-38(45)9-1)42-29-33-51(34-30-42)55(52-16-7-15-47(37-52)49-26-22-39-10-2-4-13-46(39)36-49)50-31-27-41(28-32-50)40-19-23-44(24-20-40)54-18-8-14-43-11-5-6-17-53(43)54/h1-37H. The molecule has 0 N–H and O–H groups in total. The average molecular weight is 700 g/mol. The lowest BCUT2D eigenvalue weighted by Crippen LogP contribution is -2.10. The molecule has 1 nitrogen and oxygen atoms in total. The van der Waals surface area contributed by atoms with Crippen LogP contribution in [0.3, 0.4) is 0 Å². The minimum Gasteiger partial charge on any atom is -0.310 e. The summed E-state index contributed by atoms with van der Waals surface area (Å²) in [5, 5.41) is 7.53. The van der Waals surface area contributed by atoms with Crippen LogP contribution in [0, 0.1) is 0 Å². The van der Waals surface area contributed by atoms with Gasteiger partial charge in [-0.1, -0.05) is 176 Å². The van der Waals surface area contributed by atoms with Crippen LogP contribution in [-0.2, 0) is 0 Å². The first kappa shape index (κ1) is 32.4. The zero-order valence-corrected chi connectivity index (χ0v) is 30.3. The van der Waals surface area contributed by atoms with E-state index in [1.165, 1.54) is 76.8 Å². The summed E-state index contributed by atoms with van der Waals surface area (Å²) in [6.45, 7) is 0. The van der Waals surface area contributed by atoms with Crippen LogP contribution in [-0.4, -0.2) is 0 Å². The Kier molecular flexibility index (Phi) is 8.24. The summed E-state index contributed by atoms with van der Waals surface area (Å²) in [4.78, 5) is 2.36. The number of anilines is 3. The molecule has 0 aliphatic rings. The molecule has 0 atom stereocenters. The van der Waals surface area contributed by atoms with Gasteiger partial charge in [-0.15, -0.1) is 0 Å². The lowest BCUT2D eigenvalue weighted by atomic mass is 9.96. The molecule has 0 aromatic heterocycles. The fourth-order valence-electron chi connectivity index (χ4n) is 7.93. The quantitative estimate of drug-likeness (QED) is 0.160. The summed E-state index contributed by atoms with van der Waals surface area (Å²) in [5.74, 6) is 0. The van der Waals surface area contributed by atoms with Gasteiger partial charge in [0.05, 0.1) is 0 Å². The van der Waals surface area contributed by atoms with Crippen molar-refractivity contribution in [3.8, 4) is 44.5 Å². The van der Waals surface area contributed by atoms with Gasteiger partial charge >= 0.3 is 0 Å². The second-order valence-corrected chi connectivity index (χ2v) is 14.2. The van der Waals surface area contributed by atoms with Crippen molar-refractivity contribution in [3.63, 3.8) is 0 Å². The molecule has 0 bridgehead atoms. The van der Waals surface area contributed by atoms with Crippen molar-refractivity contribution in [2.75, 3.05) is 4.90 Å². The molecular formula is C54H37N. The molecule has 55 heavy (non-hydrogen) atoms. The molecule has 0 fully saturated rings. The van der Waals surface area contributed by atoms with E-state index >= 15 is 0 Å². The van der Waals surface area contributed by atoms with Crippen molar-refractivity contribution in [2.24, 2.45) is 0 Å². The second kappa shape index (κ2) is 14.0. The van der Waals surface area contributed by atoms with E-state index in [0.717, 1.165) is 17.1 Å². The third-order valence-electron chi connectivity index (χ3n) is 10.8. The van der Waals surface area contributed by atoms with E-state index in [4.69, 9.17) is 0 Å². The molecule has 258 valence electrons. The summed E-state index contributed by atoms with van der Waals surface area (Å²) in [5.41, 5.74) is 13.0. The molecule has 10 aromatic rings. The van der Waals surface area contributed by atoms with Crippen LogP contribution >= 0.6 is 0 Å². The zero-order valence-electron chi connectivity index (χ0n) is 30.3. The number of hydrogen-bond donors (Lipinski definition) is 0. The Morgan fingerprint density at radius 1 is 0.218 bits per heavy atom.